The lowest BCUT2D eigenvalue weighted by molar-refractivity contribution is -0.138. The lowest BCUT2D eigenvalue weighted by atomic mass is 9.80. The van der Waals surface area contributed by atoms with Crippen LogP contribution in [0.25, 0.3) is 44.2 Å². The van der Waals surface area contributed by atoms with Crippen molar-refractivity contribution in [2.24, 2.45) is 17.8 Å². The summed E-state index contributed by atoms with van der Waals surface area (Å²) >= 11 is 0. The van der Waals surface area contributed by atoms with Gasteiger partial charge in [-0.3, -0.25) is 9.59 Å². The van der Waals surface area contributed by atoms with Crippen LogP contribution < -0.4 is 15.4 Å². The van der Waals surface area contributed by atoms with Crippen molar-refractivity contribution in [2.75, 3.05) is 27.4 Å². The van der Waals surface area contributed by atoms with E-state index >= 15 is 0 Å². The van der Waals surface area contributed by atoms with E-state index < -0.39 is 24.3 Å². The second-order valence-electron chi connectivity index (χ2n) is 18.3. The van der Waals surface area contributed by atoms with Gasteiger partial charge in [-0.25, -0.2) is 19.6 Å². The van der Waals surface area contributed by atoms with Crippen LogP contribution in [0.2, 0.25) is 0 Å². The number of fused-ring (bicyclic) bond motifs is 8. The van der Waals surface area contributed by atoms with Crippen molar-refractivity contribution < 1.29 is 38.1 Å². The lowest BCUT2D eigenvalue weighted by Gasteiger charge is -2.34. The Kier molecular flexibility index (Phi) is 11.0. The Morgan fingerprint density at radius 2 is 1.78 bits per heavy atom. The number of aromatic amines is 2. The van der Waals surface area contributed by atoms with Gasteiger partial charge in [0.25, 0.3) is 0 Å². The minimum Gasteiger partial charge on any atom is -0.488 e. The lowest BCUT2D eigenvalue weighted by Crippen LogP contribution is -2.53. The fourth-order valence-electron chi connectivity index (χ4n) is 11.2. The van der Waals surface area contributed by atoms with Crippen molar-refractivity contribution >= 4 is 45.8 Å². The van der Waals surface area contributed by atoms with Crippen LogP contribution in [0.1, 0.15) is 95.0 Å². The first-order valence-electron chi connectivity index (χ1n) is 22.7. The molecule has 5 aromatic rings. The van der Waals surface area contributed by atoms with Crippen LogP contribution in [0, 0.1) is 17.8 Å². The average Bonchev–Trinajstić information content (AvgIpc) is 4.13. The van der Waals surface area contributed by atoms with Crippen molar-refractivity contribution in [3.8, 4) is 28.1 Å². The molecule has 16 nitrogen and oxygen atoms in total. The SMILES string of the molecule is CCC(C)C(NC(=O)OC)C(=O)N1C(C)CCC1c1nc2c(ccc3cc4c(cc32)OCc2cc(-c3cnc(C5CCC6CC7COCCC7C(NC(=O)OC)C(=O)N65)[nH]3)ccc2-4)[nH]1. The molecule has 4 N–H and O–H groups in total. The Hall–Kier alpha value is -6.16. The topological polar surface area (TPSA) is 193 Å². The number of benzene rings is 3. The quantitative estimate of drug-likeness (QED) is 0.123. The first-order chi connectivity index (χ1) is 31.0. The molecule has 4 fully saturated rings. The largest absolute Gasteiger partial charge is 0.488 e. The minimum atomic E-state index is -0.713. The fourth-order valence-corrected chi connectivity index (χ4v) is 11.2. The highest BCUT2D eigenvalue weighted by Gasteiger charge is 2.50. The molecule has 0 saturated carbocycles. The number of ether oxygens (including phenoxy) is 4. The number of amides is 4. The Morgan fingerprint density at radius 3 is 2.59 bits per heavy atom. The Labute approximate surface area is 371 Å². The number of carbonyl (C=O) groups excluding carboxylic acids is 4. The second kappa shape index (κ2) is 16.8. The number of likely N-dealkylation sites (tertiary alicyclic amines) is 1. The molecule has 10 rings (SSSR count). The second-order valence-corrected chi connectivity index (χ2v) is 18.3. The zero-order valence-electron chi connectivity index (χ0n) is 36.9. The molecular formula is C48H56N8O8. The summed E-state index contributed by atoms with van der Waals surface area (Å²) in [5, 5.41) is 7.64. The van der Waals surface area contributed by atoms with Gasteiger partial charge in [-0.2, -0.15) is 0 Å². The molecule has 0 bridgehead atoms. The number of nitrogens with one attached hydrogen (secondary N) is 4. The number of H-pyrrole nitrogens is 2. The molecule has 9 atom stereocenters. The van der Waals surface area contributed by atoms with Crippen molar-refractivity contribution in [3.63, 3.8) is 0 Å². The number of hydrogen-bond donors (Lipinski definition) is 4. The van der Waals surface area contributed by atoms with Crippen molar-refractivity contribution in [1.82, 2.24) is 40.4 Å². The molecule has 5 aliphatic heterocycles. The first-order valence-corrected chi connectivity index (χ1v) is 22.7. The van der Waals surface area contributed by atoms with Crippen molar-refractivity contribution in [2.45, 2.75) is 109 Å². The van der Waals surface area contributed by atoms with Crippen LogP contribution in [0.3, 0.4) is 0 Å². The first kappa shape index (κ1) is 41.8. The smallest absolute Gasteiger partial charge is 0.407 e. The minimum absolute atomic E-state index is 0.0120. The summed E-state index contributed by atoms with van der Waals surface area (Å²) in [6.45, 7) is 7.55. The molecule has 0 aliphatic carbocycles. The highest BCUT2D eigenvalue weighted by molar-refractivity contribution is 6.07. The molecule has 336 valence electrons. The number of nitrogens with zero attached hydrogens (tertiary/aromatic N) is 4. The maximum Gasteiger partial charge on any atom is 0.407 e. The van der Waals surface area contributed by atoms with E-state index in [1.165, 1.54) is 14.2 Å². The molecule has 4 saturated heterocycles. The van der Waals surface area contributed by atoms with Gasteiger partial charge >= 0.3 is 12.2 Å². The highest BCUT2D eigenvalue weighted by atomic mass is 16.5. The van der Waals surface area contributed by atoms with Gasteiger partial charge in [0.2, 0.25) is 11.8 Å². The van der Waals surface area contributed by atoms with Gasteiger partial charge in [0, 0.05) is 36.2 Å². The fraction of sp³-hybridized carbons (Fsp3) is 0.500. The summed E-state index contributed by atoms with van der Waals surface area (Å²) in [6.07, 6.45) is 6.06. The number of methoxy groups -OCH3 is 2. The summed E-state index contributed by atoms with van der Waals surface area (Å²) in [4.78, 5) is 74.1. The Bertz CT molecular complexity index is 2640. The Balaban J connectivity index is 0.903. The summed E-state index contributed by atoms with van der Waals surface area (Å²) in [5.74, 6) is 2.08. The molecule has 0 radical (unpaired) electrons. The Morgan fingerprint density at radius 1 is 0.953 bits per heavy atom. The van der Waals surface area contributed by atoms with E-state index in [-0.39, 0.29) is 53.7 Å². The summed E-state index contributed by atoms with van der Waals surface area (Å²) in [7, 11) is 2.63. The number of rotatable bonds is 8. The number of aromatic nitrogens is 4. The highest BCUT2D eigenvalue weighted by Crippen LogP contribution is 2.46. The van der Waals surface area contributed by atoms with E-state index in [2.05, 4.69) is 57.0 Å². The van der Waals surface area contributed by atoms with E-state index in [1.54, 1.807) is 0 Å². The molecule has 0 spiro atoms. The van der Waals surface area contributed by atoms with E-state index in [9.17, 15) is 19.2 Å². The normalized spacial score (nSPS) is 26.0. The van der Waals surface area contributed by atoms with Crippen LogP contribution in [0.4, 0.5) is 9.59 Å². The maximum absolute atomic E-state index is 14.3. The number of imidazole rings is 2. The van der Waals surface area contributed by atoms with E-state index in [0.29, 0.717) is 26.2 Å². The number of alkyl carbamates (subject to hydrolysis) is 2. The molecular weight excluding hydrogens is 817 g/mol. The van der Waals surface area contributed by atoms with E-state index in [1.807, 2.05) is 42.8 Å². The van der Waals surface area contributed by atoms with Crippen LogP contribution in [-0.4, -0.2) is 105 Å². The summed E-state index contributed by atoms with van der Waals surface area (Å²) in [6, 6.07) is 12.8. The van der Waals surface area contributed by atoms with Gasteiger partial charge in [-0.15, -0.1) is 0 Å². The van der Waals surface area contributed by atoms with Gasteiger partial charge in [-0.05, 0) is 110 Å². The molecule has 4 amide bonds. The summed E-state index contributed by atoms with van der Waals surface area (Å²) < 4.78 is 22.1. The number of hydrogen-bond acceptors (Lipinski definition) is 10. The van der Waals surface area contributed by atoms with Crippen LogP contribution in [-0.2, 0) is 30.4 Å². The third-order valence-electron chi connectivity index (χ3n) is 14.8. The molecule has 9 unspecified atom stereocenters. The van der Waals surface area contributed by atoms with Gasteiger partial charge in [0.05, 0.1) is 49.2 Å². The average molecular weight is 873 g/mol. The van der Waals surface area contributed by atoms with Gasteiger partial charge < -0.3 is 49.3 Å². The third-order valence-corrected chi connectivity index (χ3v) is 14.8. The number of carbonyl (C=O) groups is 4. The predicted molar refractivity (Wildman–Crippen MR) is 237 cm³/mol. The summed E-state index contributed by atoms with van der Waals surface area (Å²) in [5.41, 5.74) is 6.63. The van der Waals surface area contributed by atoms with Crippen LogP contribution >= 0.6 is 0 Å². The monoisotopic (exact) mass is 872 g/mol. The standard InChI is InChI=1S/C48H56N8O8/c1-6-24(2)40(53-47(59)61-4)45(57)55-25(3)7-13-38(55)44-50-35-12-9-26-19-34-31-11-8-27(17-28(31)23-64-39(34)20-33(26)41(35)52-44)36-21-49-43(51-36)37-14-10-30-18-29-22-63-16-15-32(29)42(46(58)56(30)37)54-48(60)62-5/h8-9,11-12,17,19-21,24-25,29-30,32,37-38,40,42H,6-7,10,13-16,18,22-23H2,1-5H3,(H,49,51)(H,50,52)(H,53,59)(H,54,60). The van der Waals surface area contributed by atoms with Crippen molar-refractivity contribution in [1.29, 1.82) is 0 Å². The molecule has 2 aromatic heterocycles. The molecule has 7 heterocycles. The molecule has 64 heavy (non-hydrogen) atoms. The van der Waals surface area contributed by atoms with E-state index in [4.69, 9.17) is 28.9 Å². The molecule has 5 aliphatic rings. The zero-order valence-corrected chi connectivity index (χ0v) is 36.9. The van der Waals surface area contributed by atoms with Gasteiger partial charge in [0.15, 0.2) is 0 Å². The predicted octanol–water partition coefficient (Wildman–Crippen LogP) is 7.30. The van der Waals surface area contributed by atoms with Crippen LogP contribution in [0.5, 0.6) is 5.75 Å². The molecule has 3 aromatic carbocycles. The third kappa shape index (κ3) is 7.19. The van der Waals surface area contributed by atoms with E-state index in [0.717, 1.165) is 106 Å². The van der Waals surface area contributed by atoms with Gasteiger partial charge in [-0.1, -0.05) is 38.5 Å². The van der Waals surface area contributed by atoms with Crippen LogP contribution in [0.15, 0.2) is 48.7 Å². The zero-order chi connectivity index (χ0) is 44.4. The van der Waals surface area contributed by atoms with Crippen molar-refractivity contribution in [3.05, 3.63) is 65.9 Å². The van der Waals surface area contributed by atoms with Gasteiger partial charge in [0.1, 0.15) is 36.1 Å². The maximum atomic E-state index is 14.3. The molecule has 16 heteroatoms.